The average Bonchev–Trinajstić information content (AvgIpc) is 2.82. The molecule has 174 valence electrons. The van der Waals surface area contributed by atoms with Crippen LogP contribution in [0.2, 0.25) is 0 Å². The first-order chi connectivity index (χ1) is 16.0. The van der Waals surface area contributed by atoms with Crippen LogP contribution in [-0.2, 0) is 4.79 Å². The number of likely N-dealkylation sites (N-methyl/N-ethyl adjacent to an activating group) is 1. The Kier molecular flexibility index (Phi) is 7.35. The lowest BCUT2D eigenvalue weighted by Gasteiger charge is -2.41. The van der Waals surface area contributed by atoms with Gasteiger partial charge in [-0.05, 0) is 75.9 Å². The minimum absolute atomic E-state index is 0.0876. The van der Waals surface area contributed by atoms with E-state index in [9.17, 15) is 10.1 Å². The minimum atomic E-state index is -0.414. The Morgan fingerprint density at radius 3 is 2.36 bits per heavy atom. The van der Waals surface area contributed by atoms with Gasteiger partial charge in [-0.2, -0.15) is 5.26 Å². The number of para-hydroxylation sites is 2. The molecular formula is C28H36N4O. The van der Waals surface area contributed by atoms with E-state index in [0.717, 1.165) is 42.9 Å². The Balaban J connectivity index is 1.45. The van der Waals surface area contributed by atoms with Gasteiger partial charge in [0.15, 0.2) is 0 Å². The fraction of sp³-hybridized carbons (Fsp3) is 0.500. The summed E-state index contributed by atoms with van der Waals surface area (Å²) in [6.07, 6.45) is 7.25. The SMILES string of the molecule is C[C@@H]1CCC[C@H](C)N1CCCCCN1C(=O)C(c2cccc(C#N)c2)N(C)c2ccccc21. The fourth-order valence-electron chi connectivity index (χ4n) is 5.59. The van der Waals surface area contributed by atoms with Gasteiger partial charge >= 0.3 is 0 Å². The number of rotatable bonds is 7. The summed E-state index contributed by atoms with van der Waals surface area (Å²) in [5, 5.41) is 9.33. The van der Waals surface area contributed by atoms with Crippen molar-refractivity contribution in [2.45, 2.75) is 70.5 Å². The molecule has 1 fully saturated rings. The first kappa shape index (κ1) is 23.3. The third kappa shape index (κ3) is 4.91. The topological polar surface area (TPSA) is 50.6 Å². The van der Waals surface area contributed by atoms with Crippen molar-refractivity contribution in [2.75, 3.05) is 29.9 Å². The van der Waals surface area contributed by atoms with Gasteiger partial charge in [0.05, 0.1) is 23.0 Å². The van der Waals surface area contributed by atoms with Crippen molar-refractivity contribution >= 4 is 17.3 Å². The second-order valence-corrected chi connectivity index (χ2v) is 9.66. The molecule has 3 atom stereocenters. The van der Waals surface area contributed by atoms with E-state index >= 15 is 0 Å². The quantitative estimate of drug-likeness (QED) is 0.528. The summed E-state index contributed by atoms with van der Waals surface area (Å²) < 4.78 is 0. The van der Waals surface area contributed by atoms with Crippen LogP contribution in [0.25, 0.3) is 0 Å². The van der Waals surface area contributed by atoms with Gasteiger partial charge in [0, 0.05) is 25.7 Å². The van der Waals surface area contributed by atoms with Crippen LogP contribution in [0.5, 0.6) is 0 Å². The van der Waals surface area contributed by atoms with Crippen molar-refractivity contribution in [3.63, 3.8) is 0 Å². The zero-order valence-corrected chi connectivity index (χ0v) is 20.2. The number of carbonyl (C=O) groups excluding carboxylic acids is 1. The lowest BCUT2D eigenvalue weighted by Crippen LogP contribution is -2.47. The Morgan fingerprint density at radius 2 is 1.64 bits per heavy atom. The summed E-state index contributed by atoms with van der Waals surface area (Å²) in [6.45, 7) is 6.59. The Morgan fingerprint density at radius 1 is 0.939 bits per heavy atom. The summed E-state index contributed by atoms with van der Waals surface area (Å²) in [6, 6.07) is 18.7. The molecule has 4 rings (SSSR count). The molecule has 1 unspecified atom stereocenters. The van der Waals surface area contributed by atoms with E-state index in [1.165, 1.54) is 25.7 Å². The van der Waals surface area contributed by atoms with Crippen molar-refractivity contribution in [2.24, 2.45) is 0 Å². The molecule has 0 aliphatic carbocycles. The molecule has 2 aromatic carbocycles. The van der Waals surface area contributed by atoms with E-state index in [1.807, 2.05) is 53.2 Å². The number of hydrogen-bond acceptors (Lipinski definition) is 4. The molecule has 5 nitrogen and oxygen atoms in total. The molecule has 1 saturated heterocycles. The summed E-state index contributed by atoms with van der Waals surface area (Å²) >= 11 is 0. The number of likely N-dealkylation sites (tertiary alicyclic amines) is 1. The Labute approximate surface area is 198 Å². The van der Waals surface area contributed by atoms with E-state index in [-0.39, 0.29) is 5.91 Å². The molecule has 2 aliphatic heterocycles. The highest BCUT2D eigenvalue weighted by atomic mass is 16.2. The molecule has 0 radical (unpaired) electrons. The lowest BCUT2D eigenvalue weighted by molar-refractivity contribution is -0.120. The zero-order chi connectivity index (χ0) is 23.4. The van der Waals surface area contributed by atoms with Crippen LogP contribution in [0.1, 0.15) is 69.5 Å². The number of benzene rings is 2. The van der Waals surface area contributed by atoms with Gasteiger partial charge in [-0.25, -0.2) is 0 Å². The monoisotopic (exact) mass is 444 g/mol. The molecule has 0 spiro atoms. The van der Waals surface area contributed by atoms with E-state index in [4.69, 9.17) is 0 Å². The van der Waals surface area contributed by atoms with Crippen LogP contribution in [0.3, 0.4) is 0 Å². The predicted molar refractivity (Wildman–Crippen MR) is 134 cm³/mol. The second kappa shape index (κ2) is 10.4. The normalized spacial score (nSPS) is 23.3. The zero-order valence-electron chi connectivity index (χ0n) is 20.2. The van der Waals surface area contributed by atoms with Crippen LogP contribution in [0.4, 0.5) is 11.4 Å². The summed E-state index contributed by atoms with van der Waals surface area (Å²) in [5.74, 6) is 0.0876. The smallest absolute Gasteiger partial charge is 0.254 e. The summed E-state index contributed by atoms with van der Waals surface area (Å²) in [5.41, 5.74) is 3.49. The van der Waals surface area contributed by atoms with E-state index < -0.39 is 6.04 Å². The lowest BCUT2D eigenvalue weighted by atomic mass is 9.97. The number of nitriles is 1. The van der Waals surface area contributed by atoms with Crippen LogP contribution in [0, 0.1) is 11.3 Å². The van der Waals surface area contributed by atoms with E-state index in [1.54, 1.807) is 6.07 Å². The van der Waals surface area contributed by atoms with Gasteiger partial charge in [0.25, 0.3) is 5.91 Å². The molecule has 1 amide bonds. The first-order valence-electron chi connectivity index (χ1n) is 12.4. The molecule has 2 aromatic rings. The number of unbranched alkanes of at least 4 members (excludes halogenated alkanes) is 2. The maximum absolute atomic E-state index is 13.7. The summed E-state index contributed by atoms with van der Waals surface area (Å²) in [7, 11) is 1.97. The highest BCUT2D eigenvalue weighted by Gasteiger charge is 2.37. The molecule has 2 heterocycles. The summed E-state index contributed by atoms with van der Waals surface area (Å²) in [4.78, 5) is 20.4. The Hall–Kier alpha value is -2.84. The number of nitrogens with zero attached hydrogens (tertiary/aromatic N) is 4. The second-order valence-electron chi connectivity index (χ2n) is 9.66. The minimum Gasteiger partial charge on any atom is -0.357 e. The predicted octanol–water partition coefficient (Wildman–Crippen LogP) is 5.52. The van der Waals surface area contributed by atoms with Gasteiger partial charge in [-0.3, -0.25) is 9.69 Å². The van der Waals surface area contributed by atoms with Gasteiger partial charge in [-0.15, -0.1) is 0 Å². The number of carbonyl (C=O) groups is 1. The van der Waals surface area contributed by atoms with Gasteiger partial charge in [0.1, 0.15) is 6.04 Å². The van der Waals surface area contributed by atoms with Gasteiger partial charge in [-0.1, -0.05) is 37.1 Å². The third-order valence-electron chi connectivity index (χ3n) is 7.45. The molecule has 0 bridgehead atoms. The molecule has 33 heavy (non-hydrogen) atoms. The number of hydrogen-bond donors (Lipinski definition) is 0. The molecule has 2 aliphatic rings. The van der Waals surface area contributed by atoms with Crippen LogP contribution < -0.4 is 9.80 Å². The molecule has 0 N–H and O–H groups in total. The number of anilines is 2. The van der Waals surface area contributed by atoms with Gasteiger partial charge in [0.2, 0.25) is 0 Å². The molecular weight excluding hydrogens is 408 g/mol. The van der Waals surface area contributed by atoms with Crippen molar-refractivity contribution < 1.29 is 4.79 Å². The highest BCUT2D eigenvalue weighted by molar-refractivity contribution is 6.05. The van der Waals surface area contributed by atoms with E-state index in [2.05, 4.69) is 30.9 Å². The van der Waals surface area contributed by atoms with Gasteiger partial charge < -0.3 is 9.80 Å². The maximum Gasteiger partial charge on any atom is 0.254 e. The molecule has 5 heteroatoms. The first-order valence-corrected chi connectivity index (χ1v) is 12.4. The number of amides is 1. The largest absolute Gasteiger partial charge is 0.357 e. The molecule has 0 saturated carbocycles. The van der Waals surface area contributed by atoms with Crippen LogP contribution in [0.15, 0.2) is 48.5 Å². The standard InChI is InChI=1S/C28H36N4O/c1-21-11-9-12-22(2)31(21)17-7-4-8-18-32-26-16-6-5-15-25(26)30(3)27(28(32)33)24-14-10-13-23(19-24)20-29/h5-6,10,13-16,19,21-22,27H,4,7-9,11-12,17-18H2,1-3H3/t21-,22+,27?. The van der Waals surface area contributed by atoms with Crippen molar-refractivity contribution in [3.8, 4) is 6.07 Å². The highest BCUT2D eigenvalue weighted by Crippen LogP contribution is 2.40. The maximum atomic E-state index is 13.7. The fourth-order valence-corrected chi connectivity index (χ4v) is 5.59. The van der Waals surface area contributed by atoms with Crippen LogP contribution >= 0.6 is 0 Å². The van der Waals surface area contributed by atoms with Crippen molar-refractivity contribution in [1.29, 1.82) is 5.26 Å². The van der Waals surface area contributed by atoms with Crippen molar-refractivity contribution in [1.82, 2.24) is 4.90 Å². The Bertz CT molecular complexity index is 1000. The van der Waals surface area contributed by atoms with Crippen LogP contribution in [-0.4, -0.2) is 43.0 Å². The average molecular weight is 445 g/mol. The number of fused-ring (bicyclic) bond motifs is 1. The number of piperidine rings is 1. The molecule has 0 aromatic heterocycles. The van der Waals surface area contributed by atoms with Crippen molar-refractivity contribution in [3.05, 3.63) is 59.7 Å². The van der Waals surface area contributed by atoms with E-state index in [0.29, 0.717) is 17.6 Å². The third-order valence-corrected chi connectivity index (χ3v) is 7.45.